The van der Waals surface area contributed by atoms with E-state index in [2.05, 4.69) is 37.4 Å². The number of nitrogens with one attached hydrogen (secondary N) is 1. The summed E-state index contributed by atoms with van der Waals surface area (Å²) in [5.41, 5.74) is 3.60. The summed E-state index contributed by atoms with van der Waals surface area (Å²) in [5.74, 6) is 1.63. The molecule has 134 valence electrons. The highest BCUT2D eigenvalue weighted by molar-refractivity contribution is 5.76. The Morgan fingerprint density at radius 3 is 2.40 bits per heavy atom. The summed E-state index contributed by atoms with van der Waals surface area (Å²) in [5, 5.41) is 3.06. The SMILES string of the molecule is COc1ccc(OCCCC(=O)NC(C)c2ccc(C)cc2C)cc1. The molecule has 0 saturated heterocycles. The molecule has 1 atom stereocenters. The number of amides is 1. The van der Waals surface area contributed by atoms with Crippen molar-refractivity contribution in [3.63, 3.8) is 0 Å². The third kappa shape index (κ3) is 5.82. The fourth-order valence-electron chi connectivity index (χ4n) is 2.80. The van der Waals surface area contributed by atoms with Gasteiger partial charge in [0.25, 0.3) is 0 Å². The van der Waals surface area contributed by atoms with Gasteiger partial charge in [0.05, 0.1) is 19.8 Å². The highest BCUT2D eigenvalue weighted by Gasteiger charge is 2.11. The van der Waals surface area contributed by atoms with Crippen LogP contribution in [0.25, 0.3) is 0 Å². The summed E-state index contributed by atoms with van der Waals surface area (Å²) in [6.07, 6.45) is 1.13. The quantitative estimate of drug-likeness (QED) is 0.726. The van der Waals surface area contributed by atoms with Crippen LogP contribution in [0.3, 0.4) is 0 Å². The first-order valence-electron chi connectivity index (χ1n) is 8.63. The van der Waals surface area contributed by atoms with Crippen molar-refractivity contribution in [1.29, 1.82) is 0 Å². The summed E-state index contributed by atoms with van der Waals surface area (Å²) in [7, 11) is 1.63. The van der Waals surface area contributed by atoms with Gasteiger partial charge in [-0.1, -0.05) is 23.8 Å². The number of methoxy groups -OCH3 is 1. The van der Waals surface area contributed by atoms with Gasteiger partial charge in [0.1, 0.15) is 11.5 Å². The summed E-state index contributed by atoms with van der Waals surface area (Å²) < 4.78 is 10.7. The lowest BCUT2D eigenvalue weighted by Gasteiger charge is -2.17. The number of carbonyl (C=O) groups excluding carboxylic acids is 1. The van der Waals surface area contributed by atoms with E-state index in [9.17, 15) is 4.79 Å². The van der Waals surface area contributed by atoms with Crippen LogP contribution in [0.5, 0.6) is 11.5 Å². The zero-order valence-electron chi connectivity index (χ0n) is 15.5. The zero-order chi connectivity index (χ0) is 18.2. The average Bonchev–Trinajstić information content (AvgIpc) is 2.59. The molecule has 0 aliphatic heterocycles. The number of rotatable bonds is 8. The summed E-state index contributed by atoms with van der Waals surface area (Å²) in [4.78, 5) is 12.1. The Morgan fingerprint density at radius 2 is 1.76 bits per heavy atom. The number of hydrogen-bond donors (Lipinski definition) is 1. The Kier molecular flexibility index (Phi) is 6.87. The molecule has 25 heavy (non-hydrogen) atoms. The van der Waals surface area contributed by atoms with Gasteiger partial charge in [-0.25, -0.2) is 0 Å². The molecular weight excluding hydrogens is 314 g/mol. The Morgan fingerprint density at radius 1 is 1.08 bits per heavy atom. The molecule has 4 heteroatoms. The van der Waals surface area contributed by atoms with E-state index in [1.54, 1.807) is 7.11 Å². The molecule has 1 N–H and O–H groups in total. The molecule has 0 aliphatic rings. The minimum atomic E-state index is 0.00982. The molecule has 0 saturated carbocycles. The Balaban J connectivity index is 1.72. The minimum Gasteiger partial charge on any atom is -0.497 e. The number of hydrogen-bond acceptors (Lipinski definition) is 3. The predicted octanol–water partition coefficient (Wildman–Crippen LogP) is 4.35. The van der Waals surface area contributed by atoms with Gasteiger partial charge < -0.3 is 14.8 Å². The second-order valence-corrected chi connectivity index (χ2v) is 6.28. The maximum Gasteiger partial charge on any atom is 0.220 e. The van der Waals surface area contributed by atoms with Crippen LogP contribution in [-0.2, 0) is 4.79 Å². The van der Waals surface area contributed by atoms with Gasteiger partial charge in [0.2, 0.25) is 5.91 Å². The molecule has 0 spiro atoms. The molecule has 0 fully saturated rings. The molecule has 0 aliphatic carbocycles. The van der Waals surface area contributed by atoms with E-state index in [0.29, 0.717) is 19.4 Å². The molecular formula is C21H27NO3. The summed E-state index contributed by atoms with van der Waals surface area (Å²) in [6.45, 7) is 6.68. The van der Waals surface area contributed by atoms with Gasteiger partial charge in [-0.3, -0.25) is 4.79 Å². The third-order valence-corrected chi connectivity index (χ3v) is 4.15. The second kappa shape index (κ2) is 9.11. The monoisotopic (exact) mass is 341 g/mol. The molecule has 2 aromatic carbocycles. The lowest BCUT2D eigenvalue weighted by atomic mass is 10.0. The number of carbonyl (C=O) groups is 1. The normalized spacial score (nSPS) is 11.7. The minimum absolute atomic E-state index is 0.00982. The van der Waals surface area contributed by atoms with Crippen LogP contribution in [0.1, 0.15) is 42.5 Å². The van der Waals surface area contributed by atoms with Gasteiger partial charge in [0.15, 0.2) is 0 Å². The van der Waals surface area contributed by atoms with Crippen molar-refractivity contribution in [2.75, 3.05) is 13.7 Å². The second-order valence-electron chi connectivity index (χ2n) is 6.28. The van der Waals surface area contributed by atoms with E-state index in [1.807, 2.05) is 31.2 Å². The van der Waals surface area contributed by atoms with Crippen molar-refractivity contribution in [2.24, 2.45) is 0 Å². The molecule has 2 rings (SSSR count). The predicted molar refractivity (Wildman–Crippen MR) is 100 cm³/mol. The van der Waals surface area contributed by atoms with E-state index in [0.717, 1.165) is 17.1 Å². The maximum atomic E-state index is 12.1. The Bertz CT molecular complexity index is 695. The van der Waals surface area contributed by atoms with Crippen LogP contribution >= 0.6 is 0 Å². The van der Waals surface area contributed by atoms with Gasteiger partial charge in [-0.05, 0) is 62.6 Å². The first kappa shape index (κ1) is 18.8. The van der Waals surface area contributed by atoms with Crippen molar-refractivity contribution >= 4 is 5.91 Å². The topological polar surface area (TPSA) is 47.6 Å². The molecule has 2 aromatic rings. The number of aryl methyl sites for hydroxylation is 2. The third-order valence-electron chi connectivity index (χ3n) is 4.15. The van der Waals surface area contributed by atoms with Crippen LogP contribution in [-0.4, -0.2) is 19.6 Å². The van der Waals surface area contributed by atoms with Crippen molar-refractivity contribution in [1.82, 2.24) is 5.32 Å². The molecule has 4 nitrogen and oxygen atoms in total. The highest BCUT2D eigenvalue weighted by Crippen LogP contribution is 2.19. The lowest BCUT2D eigenvalue weighted by Crippen LogP contribution is -2.27. The lowest BCUT2D eigenvalue weighted by molar-refractivity contribution is -0.121. The van der Waals surface area contributed by atoms with Crippen molar-refractivity contribution in [3.8, 4) is 11.5 Å². The van der Waals surface area contributed by atoms with Gasteiger partial charge in [0, 0.05) is 6.42 Å². The van der Waals surface area contributed by atoms with Crippen LogP contribution < -0.4 is 14.8 Å². The van der Waals surface area contributed by atoms with Crippen molar-refractivity contribution < 1.29 is 14.3 Å². The van der Waals surface area contributed by atoms with Crippen LogP contribution in [0.15, 0.2) is 42.5 Å². The van der Waals surface area contributed by atoms with E-state index >= 15 is 0 Å². The van der Waals surface area contributed by atoms with Crippen LogP contribution in [0, 0.1) is 13.8 Å². The molecule has 1 amide bonds. The highest BCUT2D eigenvalue weighted by atomic mass is 16.5. The van der Waals surface area contributed by atoms with Crippen molar-refractivity contribution in [3.05, 3.63) is 59.2 Å². The van der Waals surface area contributed by atoms with E-state index in [4.69, 9.17) is 9.47 Å². The Labute approximate surface area is 150 Å². The van der Waals surface area contributed by atoms with Gasteiger partial charge in [-0.15, -0.1) is 0 Å². The summed E-state index contributed by atoms with van der Waals surface area (Å²) >= 11 is 0. The van der Waals surface area contributed by atoms with Gasteiger partial charge in [-0.2, -0.15) is 0 Å². The average molecular weight is 341 g/mol. The number of benzene rings is 2. The first-order valence-corrected chi connectivity index (χ1v) is 8.63. The fraction of sp³-hybridized carbons (Fsp3) is 0.381. The molecule has 0 aromatic heterocycles. The standard InChI is InChI=1S/C21H27NO3/c1-15-7-12-20(16(2)14-15)17(3)22-21(23)6-5-13-25-19-10-8-18(24-4)9-11-19/h7-12,14,17H,5-6,13H2,1-4H3,(H,22,23). The largest absolute Gasteiger partial charge is 0.497 e. The van der Waals surface area contributed by atoms with Crippen LogP contribution in [0.4, 0.5) is 0 Å². The zero-order valence-corrected chi connectivity index (χ0v) is 15.5. The van der Waals surface area contributed by atoms with Crippen molar-refractivity contribution in [2.45, 2.75) is 39.7 Å². The molecule has 1 unspecified atom stereocenters. The number of ether oxygens (including phenoxy) is 2. The molecule has 0 bridgehead atoms. The van der Waals surface area contributed by atoms with Crippen LogP contribution in [0.2, 0.25) is 0 Å². The van der Waals surface area contributed by atoms with Gasteiger partial charge >= 0.3 is 0 Å². The fourth-order valence-corrected chi connectivity index (χ4v) is 2.80. The first-order chi connectivity index (χ1) is 12.0. The summed E-state index contributed by atoms with van der Waals surface area (Å²) in [6, 6.07) is 13.7. The van der Waals surface area contributed by atoms with E-state index < -0.39 is 0 Å². The smallest absolute Gasteiger partial charge is 0.220 e. The molecule has 0 radical (unpaired) electrons. The van der Waals surface area contributed by atoms with E-state index in [1.165, 1.54) is 11.1 Å². The van der Waals surface area contributed by atoms with E-state index in [-0.39, 0.29) is 11.9 Å². The Hall–Kier alpha value is -2.49. The molecule has 0 heterocycles. The maximum absolute atomic E-state index is 12.1.